The van der Waals surface area contributed by atoms with E-state index < -0.39 is 0 Å². The first kappa shape index (κ1) is 13.2. The number of benzene rings is 2. The first-order chi connectivity index (χ1) is 11.9. The van der Waals surface area contributed by atoms with Gasteiger partial charge in [-0.3, -0.25) is 0 Å². The lowest BCUT2D eigenvalue weighted by atomic mass is 10.2. The second-order valence-corrected chi connectivity index (χ2v) is 5.86. The number of rotatable bonds is 2. The Morgan fingerprint density at radius 3 is 2.62 bits per heavy atom. The fourth-order valence-electron chi connectivity index (χ4n) is 3.36. The predicted octanol–water partition coefficient (Wildman–Crippen LogP) is 3.51. The van der Waals surface area contributed by atoms with Crippen LogP contribution >= 0.6 is 0 Å². The molecule has 5 nitrogen and oxygen atoms in total. The van der Waals surface area contributed by atoms with E-state index in [0.717, 1.165) is 35.5 Å². The topological polar surface area (TPSA) is 46.8 Å². The lowest BCUT2D eigenvalue weighted by Gasteiger charge is -2.18. The van der Waals surface area contributed by atoms with Crippen LogP contribution in [0.5, 0.6) is 0 Å². The average molecular weight is 313 g/mol. The zero-order valence-electron chi connectivity index (χ0n) is 13.0. The molecule has 1 aliphatic heterocycles. The molecule has 0 saturated carbocycles. The molecule has 0 amide bonds. The molecule has 0 spiro atoms. The van der Waals surface area contributed by atoms with Gasteiger partial charge in [0.2, 0.25) is 0 Å². The van der Waals surface area contributed by atoms with Crippen LogP contribution in [0, 0.1) is 0 Å². The maximum Gasteiger partial charge on any atom is 0.168 e. The van der Waals surface area contributed by atoms with Crippen LogP contribution in [-0.2, 0) is 6.42 Å². The highest BCUT2D eigenvalue weighted by Gasteiger charge is 2.23. The Bertz CT molecular complexity index is 1020. The monoisotopic (exact) mass is 313 g/mol. The first-order valence-electron chi connectivity index (χ1n) is 8.01. The van der Waals surface area contributed by atoms with Gasteiger partial charge >= 0.3 is 0 Å². The van der Waals surface area contributed by atoms with Crippen LogP contribution in [0.3, 0.4) is 0 Å². The van der Waals surface area contributed by atoms with E-state index in [-0.39, 0.29) is 0 Å². The van der Waals surface area contributed by atoms with Crippen LogP contribution < -0.4 is 4.90 Å². The second-order valence-electron chi connectivity index (χ2n) is 5.86. The molecular formula is C19H15N5. The van der Waals surface area contributed by atoms with Crippen LogP contribution in [0.15, 0.2) is 67.1 Å². The van der Waals surface area contributed by atoms with Gasteiger partial charge in [0, 0.05) is 12.2 Å². The van der Waals surface area contributed by atoms with Gasteiger partial charge in [-0.25, -0.2) is 14.6 Å². The minimum atomic E-state index is 0.829. The summed E-state index contributed by atoms with van der Waals surface area (Å²) in [5, 5.41) is 5.51. The van der Waals surface area contributed by atoms with E-state index in [1.807, 2.05) is 41.2 Å². The zero-order valence-corrected chi connectivity index (χ0v) is 13.0. The highest BCUT2D eigenvalue weighted by molar-refractivity contribution is 5.90. The Kier molecular flexibility index (Phi) is 2.85. The Morgan fingerprint density at radius 1 is 0.875 bits per heavy atom. The van der Waals surface area contributed by atoms with Crippen molar-refractivity contribution in [3.63, 3.8) is 0 Å². The highest BCUT2D eigenvalue weighted by atomic mass is 15.3. The summed E-state index contributed by atoms with van der Waals surface area (Å²) in [7, 11) is 0. The fourth-order valence-corrected chi connectivity index (χ4v) is 3.36. The maximum absolute atomic E-state index is 4.56. The molecule has 0 fully saturated rings. The Balaban J connectivity index is 1.68. The molecule has 0 atom stereocenters. The third kappa shape index (κ3) is 1.91. The van der Waals surface area contributed by atoms with Crippen LogP contribution in [-0.4, -0.2) is 26.3 Å². The van der Waals surface area contributed by atoms with Crippen molar-refractivity contribution in [3.8, 4) is 5.69 Å². The number of para-hydroxylation sites is 2. The highest BCUT2D eigenvalue weighted by Crippen LogP contribution is 2.36. The standard InChI is InChI=1S/C19H15N5/c1-2-7-15(8-3-1)24-19-16(12-22-24)18(20-13-21-19)23-11-10-14-6-4-5-9-17(14)23/h1-9,12-13H,10-11H2. The lowest BCUT2D eigenvalue weighted by molar-refractivity contribution is 0.894. The van der Waals surface area contributed by atoms with Gasteiger partial charge < -0.3 is 4.90 Å². The number of nitrogens with zero attached hydrogens (tertiary/aromatic N) is 5. The number of hydrogen-bond acceptors (Lipinski definition) is 4. The van der Waals surface area contributed by atoms with Crippen molar-refractivity contribution < 1.29 is 0 Å². The summed E-state index contributed by atoms with van der Waals surface area (Å²) in [6, 6.07) is 18.5. The molecule has 0 unspecified atom stereocenters. The molecule has 0 aliphatic carbocycles. The molecule has 0 bridgehead atoms. The summed E-state index contributed by atoms with van der Waals surface area (Å²) >= 11 is 0. The molecule has 3 heterocycles. The summed E-state index contributed by atoms with van der Waals surface area (Å²) in [6.07, 6.45) is 4.52. The number of fused-ring (bicyclic) bond motifs is 2. The minimum absolute atomic E-state index is 0.829. The van der Waals surface area contributed by atoms with Gasteiger partial charge in [0.05, 0.1) is 17.3 Å². The van der Waals surface area contributed by atoms with Crippen molar-refractivity contribution in [1.82, 2.24) is 19.7 Å². The molecule has 5 rings (SSSR count). The number of anilines is 2. The minimum Gasteiger partial charge on any atom is -0.325 e. The Morgan fingerprint density at radius 2 is 1.71 bits per heavy atom. The van der Waals surface area contributed by atoms with Crippen molar-refractivity contribution in [2.45, 2.75) is 6.42 Å². The Labute approximate surface area is 139 Å². The van der Waals surface area contributed by atoms with E-state index in [9.17, 15) is 0 Å². The predicted molar refractivity (Wildman–Crippen MR) is 93.8 cm³/mol. The lowest BCUT2D eigenvalue weighted by Crippen LogP contribution is -2.15. The fraction of sp³-hybridized carbons (Fsp3) is 0.105. The van der Waals surface area contributed by atoms with E-state index in [0.29, 0.717) is 0 Å². The quantitative estimate of drug-likeness (QED) is 0.568. The van der Waals surface area contributed by atoms with Crippen molar-refractivity contribution in [2.75, 3.05) is 11.4 Å². The second kappa shape index (κ2) is 5.16. The van der Waals surface area contributed by atoms with Gasteiger partial charge in [-0.1, -0.05) is 36.4 Å². The van der Waals surface area contributed by atoms with E-state index in [4.69, 9.17) is 0 Å². The molecule has 5 heteroatoms. The smallest absolute Gasteiger partial charge is 0.168 e. The molecule has 0 saturated heterocycles. The molecule has 0 N–H and O–H groups in total. The molecule has 24 heavy (non-hydrogen) atoms. The van der Waals surface area contributed by atoms with Gasteiger partial charge in [0.1, 0.15) is 12.1 Å². The van der Waals surface area contributed by atoms with Crippen molar-refractivity contribution in [2.24, 2.45) is 0 Å². The summed E-state index contributed by atoms with van der Waals surface area (Å²) in [4.78, 5) is 11.3. The SMILES string of the molecule is c1ccc(-n2ncc3c(N4CCc5ccccc54)ncnc32)cc1. The maximum atomic E-state index is 4.56. The van der Waals surface area contributed by atoms with Gasteiger partial charge in [-0.2, -0.15) is 5.10 Å². The summed E-state index contributed by atoms with van der Waals surface area (Å²) in [5.41, 5.74) is 4.42. The average Bonchev–Trinajstić information content (AvgIpc) is 3.26. The largest absolute Gasteiger partial charge is 0.325 e. The Hall–Kier alpha value is -3.21. The van der Waals surface area contributed by atoms with Crippen molar-refractivity contribution in [1.29, 1.82) is 0 Å². The van der Waals surface area contributed by atoms with E-state index >= 15 is 0 Å². The third-order valence-electron chi connectivity index (χ3n) is 4.49. The van der Waals surface area contributed by atoms with Gasteiger partial charge in [0.15, 0.2) is 5.65 Å². The van der Waals surface area contributed by atoms with Crippen LogP contribution in [0.1, 0.15) is 5.56 Å². The van der Waals surface area contributed by atoms with Gasteiger partial charge in [-0.05, 0) is 30.2 Å². The molecule has 2 aromatic carbocycles. The zero-order chi connectivity index (χ0) is 15.9. The van der Waals surface area contributed by atoms with Gasteiger partial charge in [0.25, 0.3) is 0 Å². The third-order valence-corrected chi connectivity index (χ3v) is 4.49. The molecule has 2 aromatic heterocycles. The van der Waals surface area contributed by atoms with Crippen molar-refractivity contribution in [3.05, 3.63) is 72.7 Å². The molecular weight excluding hydrogens is 298 g/mol. The van der Waals surface area contributed by atoms with Crippen LogP contribution in [0.2, 0.25) is 0 Å². The number of hydrogen-bond donors (Lipinski definition) is 0. The molecule has 116 valence electrons. The van der Waals surface area contributed by atoms with E-state index in [1.165, 1.54) is 11.3 Å². The summed E-state index contributed by atoms with van der Waals surface area (Å²) in [5.74, 6) is 0.923. The molecule has 1 aliphatic rings. The van der Waals surface area contributed by atoms with Crippen LogP contribution in [0.4, 0.5) is 11.5 Å². The normalized spacial score (nSPS) is 13.4. The summed E-state index contributed by atoms with van der Waals surface area (Å²) < 4.78 is 1.86. The first-order valence-corrected chi connectivity index (χ1v) is 8.01. The molecule has 4 aromatic rings. The van der Waals surface area contributed by atoms with Crippen LogP contribution in [0.25, 0.3) is 16.7 Å². The van der Waals surface area contributed by atoms with Gasteiger partial charge in [-0.15, -0.1) is 0 Å². The van der Waals surface area contributed by atoms with E-state index in [1.54, 1.807) is 6.33 Å². The number of aromatic nitrogens is 4. The van der Waals surface area contributed by atoms with E-state index in [2.05, 4.69) is 44.2 Å². The van der Waals surface area contributed by atoms with Crippen molar-refractivity contribution >= 4 is 22.5 Å². The summed E-state index contributed by atoms with van der Waals surface area (Å²) in [6.45, 7) is 0.933. The molecule has 0 radical (unpaired) electrons.